The molecular formula is C28H30ClN5O3. The van der Waals surface area contributed by atoms with Crippen LogP contribution in [-0.2, 0) is 0 Å². The number of benzene rings is 3. The Hall–Kier alpha value is -3.75. The van der Waals surface area contributed by atoms with Crippen LogP contribution in [0.15, 0.2) is 83.9 Å². The molecule has 2 unspecified atom stereocenters. The molecule has 9 heteroatoms. The standard InChI is InChI=1S/C28H30ClN5O3/c1-2-26(27(36)20-3-5-21(29)6-4-20)34-28(37)33(19-30-34)24-9-7-22(8-10-24)31-15-17-32(18-16-31)23-11-13-25(35)14-12-23/h3-14,19,26-27,35-36H,2,15-18H2,1H3. The van der Waals surface area contributed by atoms with Gasteiger partial charge in [-0.15, -0.1) is 0 Å². The van der Waals surface area contributed by atoms with Gasteiger partial charge in [-0.05, 0) is 72.6 Å². The minimum atomic E-state index is -0.883. The molecule has 1 fully saturated rings. The van der Waals surface area contributed by atoms with Crippen molar-refractivity contribution in [3.63, 3.8) is 0 Å². The molecule has 0 saturated carbocycles. The van der Waals surface area contributed by atoms with E-state index in [-0.39, 0.29) is 11.4 Å². The summed E-state index contributed by atoms with van der Waals surface area (Å²) in [5.41, 5.74) is 3.32. The second-order valence-corrected chi connectivity index (χ2v) is 9.64. The lowest BCUT2D eigenvalue weighted by Crippen LogP contribution is -2.46. The molecule has 192 valence electrons. The molecule has 0 amide bonds. The van der Waals surface area contributed by atoms with E-state index in [9.17, 15) is 15.0 Å². The second-order valence-electron chi connectivity index (χ2n) is 9.21. The van der Waals surface area contributed by atoms with Gasteiger partial charge in [-0.3, -0.25) is 0 Å². The van der Waals surface area contributed by atoms with E-state index in [0.29, 0.717) is 17.0 Å². The van der Waals surface area contributed by atoms with Crippen molar-refractivity contribution in [3.05, 3.63) is 100 Å². The fraction of sp³-hybridized carbons (Fsp3) is 0.286. The molecular weight excluding hydrogens is 490 g/mol. The molecule has 1 aliphatic heterocycles. The van der Waals surface area contributed by atoms with Crippen LogP contribution in [0.3, 0.4) is 0 Å². The summed E-state index contributed by atoms with van der Waals surface area (Å²) < 4.78 is 2.86. The monoisotopic (exact) mass is 519 g/mol. The maximum atomic E-state index is 13.2. The van der Waals surface area contributed by atoms with Crippen LogP contribution in [-0.4, -0.2) is 50.7 Å². The Morgan fingerprint density at radius 2 is 1.35 bits per heavy atom. The third-order valence-corrected chi connectivity index (χ3v) is 7.24. The van der Waals surface area contributed by atoms with Crippen molar-refractivity contribution in [1.82, 2.24) is 14.3 Å². The zero-order valence-electron chi connectivity index (χ0n) is 20.6. The van der Waals surface area contributed by atoms with E-state index < -0.39 is 12.1 Å². The molecule has 1 aromatic heterocycles. The maximum Gasteiger partial charge on any atom is 0.350 e. The molecule has 2 atom stereocenters. The Morgan fingerprint density at radius 1 is 0.838 bits per heavy atom. The SMILES string of the molecule is CCC(C(O)c1ccc(Cl)cc1)n1ncn(-c2ccc(N3CCN(c4ccc(O)cc4)CC3)cc2)c1=O. The predicted molar refractivity (Wildman–Crippen MR) is 146 cm³/mol. The van der Waals surface area contributed by atoms with Crippen molar-refractivity contribution in [2.45, 2.75) is 25.5 Å². The number of hydrogen-bond acceptors (Lipinski definition) is 6. The first kappa shape index (κ1) is 24.9. The maximum absolute atomic E-state index is 13.2. The van der Waals surface area contributed by atoms with Crippen LogP contribution >= 0.6 is 11.6 Å². The molecule has 0 aliphatic carbocycles. The highest BCUT2D eigenvalue weighted by Gasteiger charge is 2.25. The minimum Gasteiger partial charge on any atom is -0.508 e. The molecule has 5 rings (SSSR count). The number of aromatic nitrogens is 3. The van der Waals surface area contributed by atoms with Crippen LogP contribution in [0.4, 0.5) is 11.4 Å². The number of halogens is 1. The zero-order chi connectivity index (χ0) is 25.9. The molecule has 0 radical (unpaired) electrons. The Bertz CT molecular complexity index is 1380. The summed E-state index contributed by atoms with van der Waals surface area (Å²) in [6.45, 7) is 5.43. The molecule has 3 aromatic carbocycles. The number of phenols is 1. The first-order chi connectivity index (χ1) is 17.9. The van der Waals surface area contributed by atoms with E-state index in [0.717, 1.165) is 43.2 Å². The first-order valence-electron chi connectivity index (χ1n) is 12.4. The van der Waals surface area contributed by atoms with Crippen molar-refractivity contribution in [2.24, 2.45) is 0 Å². The highest BCUT2D eigenvalue weighted by Crippen LogP contribution is 2.29. The lowest BCUT2D eigenvalue weighted by atomic mass is 10.0. The van der Waals surface area contributed by atoms with Gasteiger partial charge >= 0.3 is 5.69 Å². The summed E-state index contributed by atoms with van der Waals surface area (Å²) in [7, 11) is 0. The molecule has 1 aliphatic rings. The van der Waals surface area contributed by atoms with Crippen molar-refractivity contribution in [2.75, 3.05) is 36.0 Å². The number of hydrogen-bond donors (Lipinski definition) is 2. The van der Waals surface area contributed by atoms with Crippen LogP contribution in [0, 0.1) is 0 Å². The van der Waals surface area contributed by atoms with Crippen LogP contribution in [0.5, 0.6) is 5.75 Å². The average Bonchev–Trinajstić information content (AvgIpc) is 3.31. The Labute approximate surface area is 220 Å². The van der Waals surface area contributed by atoms with Crippen molar-refractivity contribution in [1.29, 1.82) is 0 Å². The Balaban J connectivity index is 1.28. The number of phenolic OH excluding ortho intramolecular Hbond substituents is 1. The number of aliphatic hydroxyl groups is 1. The van der Waals surface area contributed by atoms with Gasteiger partial charge in [-0.1, -0.05) is 30.7 Å². The fourth-order valence-electron chi connectivity index (χ4n) is 4.84. The Morgan fingerprint density at radius 3 is 1.89 bits per heavy atom. The molecule has 0 bridgehead atoms. The molecule has 37 heavy (non-hydrogen) atoms. The molecule has 0 spiro atoms. The predicted octanol–water partition coefficient (Wildman–Crippen LogP) is 4.40. The van der Waals surface area contributed by atoms with Gasteiger partial charge in [0.2, 0.25) is 0 Å². The minimum absolute atomic E-state index is 0.273. The van der Waals surface area contributed by atoms with Crippen LogP contribution in [0.25, 0.3) is 5.69 Å². The van der Waals surface area contributed by atoms with Crippen LogP contribution < -0.4 is 15.5 Å². The van der Waals surface area contributed by atoms with Crippen molar-refractivity contribution in [3.8, 4) is 11.4 Å². The van der Waals surface area contributed by atoms with Gasteiger partial charge in [0.15, 0.2) is 0 Å². The van der Waals surface area contributed by atoms with Gasteiger partial charge < -0.3 is 20.0 Å². The largest absolute Gasteiger partial charge is 0.508 e. The third kappa shape index (κ3) is 5.21. The summed E-state index contributed by atoms with van der Waals surface area (Å²) >= 11 is 5.98. The van der Waals surface area contributed by atoms with Crippen LogP contribution in [0.1, 0.15) is 31.1 Å². The van der Waals surface area contributed by atoms with Gasteiger partial charge in [-0.2, -0.15) is 5.10 Å². The normalized spacial score (nSPS) is 15.5. The Kier molecular flexibility index (Phi) is 7.21. The lowest BCUT2D eigenvalue weighted by molar-refractivity contribution is 0.101. The van der Waals surface area contributed by atoms with E-state index in [4.69, 9.17) is 11.6 Å². The quantitative estimate of drug-likeness (QED) is 0.376. The number of nitrogens with zero attached hydrogens (tertiary/aromatic N) is 5. The second kappa shape index (κ2) is 10.7. The van der Waals surface area contributed by atoms with E-state index in [1.54, 1.807) is 36.4 Å². The van der Waals surface area contributed by atoms with E-state index in [1.165, 1.54) is 15.6 Å². The topological polar surface area (TPSA) is 86.8 Å². The van der Waals surface area contributed by atoms with Crippen LogP contribution in [0.2, 0.25) is 5.02 Å². The van der Waals surface area contributed by atoms with E-state index in [2.05, 4.69) is 14.9 Å². The molecule has 2 N–H and O–H groups in total. The van der Waals surface area contributed by atoms with Crippen molar-refractivity contribution >= 4 is 23.0 Å². The molecule has 2 heterocycles. The molecule has 8 nitrogen and oxygen atoms in total. The number of aliphatic hydroxyl groups excluding tert-OH is 1. The van der Waals surface area contributed by atoms with E-state index >= 15 is 0 Å². The number of anilines is 2. The van der Waals surface area contributed by atoms with E-state index in [1.807, 2.05) is 43.3 Å². The lowest BCUT2D eigenvalue weighted by Gasteiger charge is -2.37. The summed E-state index contributed by atoms with van der Waals surface area (Å²) in [5, 5.41) is 25.4. The zero-order valence-corrected chi connectivity index (χ0v) is 21.4. The third-order valence-electron chi connectivity index (χ3n) is 6.99. The fourth-order valence-corrected chi connectivity index (χ4v) is 4.97. The highest BCUT2D eigenvalue weighted by atomic mass is 35.5. The molecule has 4 aromatic rings. The van der Waals surface area contributed by atoms with Crippen molar-refractivity contribution < 1.29 is 10.2 Å². The average molecular weight is 520 g/mol. The number of aromatic hydroxyl groups is 1. The van der Waals surface area contributed by atoms with Gasteiger partial charge in [0, 0.05) is 42.6 Å². The number of rotatable bonds is 7. The summed E-state index contributed by atoms with van der Waals surface area (Å²) in [5.74, 6) is 0.273. The highest BCUT2D eigenvalue weighted by molar-refractivity contribution is 6.30. The van der Waals surface area contributed by atoms with Gasteiger partial charge in [0.25, 0.3) is 0 Å². The summed E-state index contributed by atoms with van der Waals surface area (Å²) in [4.78, 5) is 17.9. The molecule has 1 saturated heterocycles. The van der Waals surface area contributed by atoms with Gasteiger partial charge in [0.1, 0.15) is 18.2 Å². The summed E-state index contributed by atoms with van der Waals surface area (Å²) in [6, 6.07) is 21.7. The number of piperazine rings is 1. The van der Waals surface area contributed by atoms with Gasteiger partial charge in [0.05, 0.1) is 11.7 Å². The van der Waals surface area contributed by atoms with Gasteiger partial charge in [-0.25, -0.2) is 14.0 Å². The summed E-state index contributed by atoms with van der Waals surface area (Å²) in [6.07, 6.45) is 1.16. The first-order valence-corrected chi connectivity index (χ1v) is 12.8. The smallest absolute Gasteiger partial charge is 0.350 e.